The van der Waals surface area contributed by atoms with Crippen LogP contribution in [0, 0.1) is 20.8 Å². The third-order valence-corrected chi connectivity index (χ3v) is 5.04. The normalized spacial score (nSPS) is 10.8. The topological polar surface area (TPSA) is 85.6 Å². The first-order valence-corrected chi connectivity index (χ1v) is 9.50. The third-order valence-electron chi connectivity index (χ3n) is 4.15. The number of nitrogens with zero attached hydrogens (tertiary/aromatic N) is 5. The van der Waals surface area contributed by atoms with Gasteiger partial charge in [-0.05, 0) is 50.6 Å². The van der Waals surface area contributed by atoms with Crippen molar-refractivity contribution in [3.63, 3.8) is 0 Å². The second kappa shape index (κ2) is 7.32. The first-order chi connectivity index (χ1) is 13.5. The van der Waals surface area contributed by atoms with Crippen LogP contribution in [0.5, 0.6) is 0 Å². The Morgan fingerprint density at radius 2 is 1.96 bits per heavy atom. The van der Waals surface area contributed by atoms with E-state index in [0.29, 0.717) is 10.8 Å². The molecule has 0 saturated heterocycles. The maximum Gasteiger partial charge on any atom is 0.276 e. The van der Waals surface area contributed by atoms with Gasteiger partial charge in [0.25, 0.3) is 5.91 Å². The van der Waals surface area contributed by atoms with Crippen LogP contribution in [0.25, 0.3) is 17.1 Å². The summed E-state index contributed by atoms with van der Waals surface area (Å²) < 4.78 is 1.69. The summed E-state index contributed by atoms with van der Waals surface area (Å²) in [5.74, 6) is -0.282. The van der Waals surface area contributed by atoms with Gasteiger partial charge in [-0.15, -0.1) is 11.3 Å². The molecular formula is C20H18N6OS. The third kappa shape index (κ3) is 3.54. The van der Waals surface area contributed by atoms with Crippen LogP contribution in [-0.2, 0) is 0 Å². The van der Waals surface area contributed by atoms with E-state index >= 15 is 0 Å². The first-order valence-electron chi connectivity index (χ1n) is 8.68. The van der Waals surface area contributed by atoms with Crippen LogP contribution in [-0.4, -0.2) is 30.4 Å². The Kier molecular flexibility index (Phi) is 4.70. The van der Waals surface area contributed by atoms with Crippen molar-refractivity contribution >= 4 is 22.4 Å². The van der Waals surface area contributed by atoms with Gasteiger partial charge >= 0.3 is 0 Å². The lowest BCUT2D eigenvalue weighted by molar-refractivity contribution is 0.102. The minimum atomic E-state index is -0.282. The van der Waals surface area contributed by atoms with Crippen molar-refractivity contribution in [1.29, 1.82) is 0 Å². The van der Waals surface area contributed by atoms with E-state index in [2.05, 4.69) is 25.3 Å². The molecule has 0 spiro atoms. The second-order valence-electron chi connectivity index (χ2n) is 6.41. The van der Waals surface area contributed by atoms with Crippen LogP contribution < -0.4 is 5.32 Å². The molecular weight excluding hydrogens is 372 g/mol. The quantitative estimate of drug-likeness (QED) is 0.570. The fourth-order valence-electron chi connectivity index (χ4n) is 2.98. The average molecular weight is 390 g/mol. The molecule has 0 unspecified atom stereocenters. The average Bonchev–Trinajstić information content (AvgIpc) is 3.28. The van der Waals surface area contributed by atoms with E-state index in [1.165, 1.54) is 17.5 Å². The Balaban J connectivity index is 1.61. The number of nitrogens with one attached hydrogen (secondary N) is 1. The summed E-state index contributed by atoms with van der Waals surface area (Å²) in [6, 6.07) is 7.69. The largest absolute Gasteiger partial charge is 0.296 e. The molecule has 7 nitrogen and oxygen atoms in total. The lowest BCUT2D eigenvalue weighted by Crippen LogP contribution is -2.16. The molecule has 8 heteroatoms. The number of rotatable bonds is 4. The molecule has 0 radical (unpaired) electrons. The van der Waals surface area contributed by atoms with Crippen LogP contribution in [0.4, 0.5) is 5.13 Å². The molecule has 4 aromatic rings. The minimum absolute atomic E-state index is 0.282. The summed E-state index contributed by atoms with van der Waals surface area (Å²) in [5, 5.41) is 3.40. The summed E-state index contributed by atoms with van der Waals surface area (Å²) >= 11 is 1.42. The number of hydrogen-bond donors (Lipinski definition) is 1. The van der Waals surface area contributed by atoms with Gasteiger partial charge in [0.1, 0.15) is 11.4 Å². The van der Waals surface area contributed by atoms with E-state index in [9.17, 15) is 4.79 Å². The number of anilines is 1. The lowest BCUT2D eigenvalue weighted by atomic mass is 10.2. The van der Waals surface area contributed by atoms with Gasteiger partial charge in [0.15, 0.2) is 5.13 Å². The minimum Gasteiger partial charge on any atom is -0.296 e. The van der Waals surface area contributed by atoms with E-state index in [1.54, 1.807) is 23.3 Å². The molecule has 0 aliphatic rings. The van der Waals surface area contributed by atoms with Crippen LogP contribution in [0.15, 0.2) is 49.2 Å². The lowest BCUT2D eigenvalue weighted by Gasteiger charge is -2.06. The van der Waals surface area contributed by atoms with Crippen molar-refractivity contribution < 1.29 is 4.79 Å². The molecule has 0 aliphatic heterocycles. The van der Waals surface area contributed by atoms with Gasteiger partial charge in [-0.1, -0.05) is 0 Å². The number of pyridine rings is 2. The Hall–Kier alpha value is -3.39. The SMILES string of the molecule is Cc1cc(C)nc(-c2nc(NC(=O)c3cncn3-c3cccnc3)sc2C)c1. The van der Waals surface area contributed by atoms with Crippen LogP contribution in [0.3, 0.4) is 0 Å². The number of amides is 1. The fourth-order valence-corrected chi connectivity index (χ4v) is 3.79. The Morgan fingerprint density at radius 1 is 1.11 bits per heavy atom. The van der Waals surface area contributed by atoms with Gasteiger partial charge in [-0.2, -0.15) is 0 Å². The van der Waals surface area contributed by atoms with Crippen LogP contribution in [0.1, 0.15) is 26.6 Å². The van der Waals surface area contributed by atoms with E-state index in [1.807, 2.05) is 45.0 Å². The molecule has 4 aromatic heterocycles. The van der Waals surface area contributed by atoms with Crippen molar-refractivity contribution in [3.8, 4) is 17.1 Å². The number of carbonyl (C=O) groups excluding carboxylic acids is 1. The van der Waals surface area contributed by atoms with Gasteiger partial charge < -0.3 is 0 Å². The Labute approximate surface area is 166 Å². The molecule has 0 atom stereocenters. The molecule has 1 N–H and O–H groups in total. The summed E-state index contributed by atoms with van der Waals surface area (Å²) in [6.45, 7) is 5.96. The zero-order chi connectivity index (χ0) is 19.7. The predicted octanol–water partition coefficient (Wildman–Crippen LogP) is 3.96. The first kappa shape index (κ1) is 18.0. The summed E-state index contributed by atoms with van der Waals surface area (Å²) in [7, 11) is 0. The molecule has 0 aliphatic carbocycles. The highest BCUT2D eigenvalue weighted by molar-refractivity contribution is 7.16. The van der Waals surface area contributed by atoms with Crippen molar-refractivity contribution in [3.05, 3.63) is 71.0 Å². The zero-order valence-electron chi connectivity index (χ0n) is 15.7. The standard InChI is InChI=1S/C20H18N6OS/c1-12-7-13(2)23-16(8-12)18-14(3)28-20(24-18)25-19(27)17-10-22-11-26(17)15-5-4-6-21-9-15/h4-11H,1-3H3,(H,24,25,27). The zero-order valence-corrected chi connectivity index (χ0v) is 16.5. The van der Waals surface area contributed by atoms with E-state index in [-0.39, 0.29) is 5.91 Å². The smallest absolute Gasteiger partial charge is 0.276 e. The fraction of sp³-hybridized carbons (Fsp3) is 0.150. The summed E-state index contributed by atoms with van der Waals surface area (Å²) in [4.78, 5) is 31.1. The van der Waals surface area contributed by atoms with Crippen LogP contribution in [0.2, 0.25) is 0 Å². The van der Waals surface area contributed by atoms with E-state index in [4.69, 9.17) is 0 Å². The summed E-state index contributed by atoms with van der Waals surface area (Å²) in [5.41, 5.74) is 4.83. The van der Waals surface area contributed by atoms with E-state index in [0.717, 1.165) is 33.2 Å². The number of hydrogen-bond acceptors (Lipinski definition) is 6. The van der Waals surface area contributed by atoms with Gasteiger partial charge in [-0.25, -0.2) is 9.97 Å². The number of thiazole rings is 1. The maximum atomic E-state index is 12.8. The molecule has 4 rings (SSSR count). The second-order valence-corrected chi connectivity index (χ2v) is 7.61. The molecule has 4 heterocycles. The number of carbonyl (C=O) groups is 1. The molecule has 0 fully saturated rings. The van der Waals surface area contributed by atoms with Gasteiger partial charge in [0.05, 0.1) is 30.1 Å². The predicted molar refractivity (Wildman–Crippen MR) is 109 cm³/mol. The summed E-state index contributed by atoms with van der Waals surface area (Å²) in [6.07, 6.45) is 6.47. The Bertz CT molecular complexity index is 1130. The molecule has 1 amide bonds. The van der Waals surface area contributed by atoms with E-state index < -0.39 is 0 Å². The van der Waals surface area contributed by atoms with Crippen molar-refractivity contribution in [2.24, 2.45) is 0 Å². The van der Waals surface area contributed by atoms with Gasteiger partial charge in [0.2, 0.25) is 0 Å². The highest BCUT2D eigenvalue weighted by Gasteiger charge is 2.17. The number of aromatic nitrogens is 5. The van der Waals surface area contributed by atoms with Crippen molar-refractivity contribution in [2.45, 2.75) is 20.8 Å². The number of imidazole rings is 1. The highest BCUT2D eigenvalue weighted by Crippen LogP contribution is 2.30. The molecule has 0 bridgehead atoms. The molecule has 0 saturated carbocycles. The van der Waals surface area contributed by atoms with Gasteiger partial charge in [-0.3, -0.25) is 24.6 Å². The molecule has 0 aromatic carbocycles. The monoisotopic (exact) mass is 390 g/mol. The highest BCUT2D eigenvalue weighted by atomic mass is 32.1. The van der Waals surface area contributed by atoms with Crippen molar-refractivity contribution in [2.75, 3.05) is 5.32 Å². The van der Waals surface area contributed by atoms with Crippen molar-refractivity contribution in [1.82, 2.24) is 24.5 Å². The van der Waals surface area contributed by atoms with Crippen LogP contribution >= 0.6 is 11.3 Å². The van der Waals surface area contributed by atoms with Gasteiger partial charge in [0, 0.05) is 16.8 Å². The number of aryl methyl sites for hydroxylation is 3. The molecule has 140 valence electrons. The maximum absolute atomic E-state index is 12.8. The molecule has 28 heavy (non-hydrogen) atoms. The Morgan fingerprint density at radius 3 is 2.71 bits per heavy atom.